The highest BCUT2D eigenvalue weighted by Gasteiger charge is 2.45. The van der Waals surface area contributed by atoms with Crippen LogP contribution in [0.4, 0.5) is 14.9 Å². The Bertz CT molecular complexity index is 1240. The van der Waals surface area contributed by atoms with E-state index in [-0.39, 0.29) is 18.6 Å². The zero-order valence-corrected chi connectivity index (χ0v) is 21.8. The second-order valence-corrected chi connectivity index (χ2v) is 9.01. The molecule has 3 aromatic rings. The number of nitrogens with zero attached hydrogens (tertiary/aromatic N) is 1. The number of benzene rings is 3. The molecule has 0 aliphatic carbocycles. The first-order valence-electron chi connectivity index (χ1n) is 12.7. The summed E-state index contributed by atoms with van der Waals surface area (Å²) in [6, 6.07) is 17.5. The number of rotatable bonds is 12. The molecular formula is C30H32FNO6. The summed E-state index contributed by atoms with van der Waals surface area (Å²) >= 11 is 0. The van der Waals surface area contributed by atoms with Crippen molar-refractivity contribution in [1.29, 1.82) is 0 Å². The zero-order valence-electron chi connectivity index (χ0n) is 21.8. The lowest BCUT2D eigenvalue weighted by Gasteiger charge is -2.27. The summed E-state index contributed by atoms with van der Waals surface area (Å²) in [5.74, 6) is 1.32. The molecule has 1 aliphatic heterocycles. The van der Waals surface area contributed by atoms with Crippen LogP contribution < -0.4 is 19.1 Å². The molecule has 1 fully saturated rings. The van der Waals surface area contributed by atoms with Gasteiger partial charge in [-0.25, -0.2) is 9.18 Å². The van der Waals surface area contributed by atoms with Gasteiger partial charge in [-0.3, -0.25) is 9.69 Å². The average molecular weight is 522 g/mol. The van der Waals surface area contributed by atoms with Gasteiger partial charge >= 0.3 is 6.09 Å². The van der Waals surface area contributed by atoms with Gasteiger partial charge in [0.1, 0.15) is 35.2 Å². The second kappa shape index (κ2) is 12.4. The van der Waals surface area contributed by atoms with Gasteiger partial charge in [0.25, 0.3) is 0 Å². The van der Waals surface area contributed by atoms with Crippen molar-refractivity contribution < 1.29 is 32.9 Å². The molecule has 200 valence electrons. The van der Waals surface area contributed by atoms with E-state index in [0.29, 0.717) is 35.1 Å². The zero-order chi connectivity index (χ0) is 27.1. The number of anilines is 1. The molecule has 7 nitrogen and oxygen atoms in total. The van der Waals surface area contributed by atoms with E-state index >= 15 is 0 Å². The SMILES string of the molecule is CCCCOc1cc(OC)ccc1[C@@H]1[C@@H](CCC(=O)c2ccc(F)cc2)OC(=O)N1c1ccc(OC)cc1. The molecule has 0 radical (unpaired) electrons. The summed E-state index contributed by atoms with van der Waals surface area (Å²) < 4.78 is 36.0. The van der Waals surface area contributed by atoms with Crippen LogP contribution in [0.1, 0.15) is 54.6 Å². The molecular weight excluding hydrogens is 489 g/mol. The molecule has 38 heavy (non-hydrogen) atoms. The van der Waals surface area contributed by atoms with Crippen LogP contribution in [0.5, 0.6) is 17.2 Å². The van der Waals surface area contributed by atoms with E-state index in [1.807, 2.05) is 12.1 Å². The van der Waals surface area contributed by atoms with E-state index in [4.69, 9.17) is 18.9 Å². The van der Waals surface area contributed by atoms with Crippen molar-refractivity contribution in [3.8, 4) is 17.2 Å². The van der Waals surface area contributed by atoms with Gasteiger partial charge in [-0.15, -0.1) is 0 Å². The predicted molar refractivity (Wildman–Crippen MR) is 142 cm³/mol. The topological polar surface area (TPSA) is 74.3 Å². The fourth-order valence-corrected chi connectivity index (χ4v) is 4.49. The minimum absolute atomic E-state index is 0.124. The maximum Gasteiger partial charge on any atom is 0.415 e. The Hall–Kier alpha value is -4.07. The molecule has 0 bridgehead atoms. The number of cyclic esters (lactones) is 1. The normalized spacial score (nSPS) is 16.7. The molecule has 1 heterocycles. The third-order valence-corrected chi connectivity index (χ3v) is 6.55. The van der Waals surface area contributed by atoms with Crippen molar-refractivity contribution in [2.75, 3.05) is 25.7 Å². The fraction of sp³-hybridized carbons (Fsp3) is 0.333. The van der Waals surface area contributed by atoms with Crippen LogP contribution in [0, 0.1) is 5.82 Å². The quantitative estimate of drug-likeness (QED) is 0.194. The number of amides is 1. The first-order valence-corrected chi connectivity index (χ1v) is 12.7. The first-order chi connectivity index (χ1) is 18.4. The van der Waals surface area contributed by atoms with Gasteiger partial charge in [0.15, 0.2) is 5.78 Å². The minimum atomic E-state index is -0.629. The fourth-order valence-electron chi connectivity index (χ4n) is 4.49. The van der Waals surface area contributed by atoms with E-state index in [2.05, 4.69) is 6.92 Å². The van der Waals surface area contributed by atoms with E-state index in [1.54, 1.807) is 49.5 Å². The number of halogens is 1. The molecule has 1 saturated heterocycles. The van der Waals surface area contributed by atoms with Crippen molar-refractivity contribution in [2.45, 2.75) is 44.8 Å². The number of hydrogen-bond donors (Lipinski definition) is 0. The van der Waals surface area contributed by atoms with Gasteiger partial charge in [0.2, 0.25) is 0 Å². The molecule has 1 aliphatic rings. The molecule has 1 amide bonds. The van der Waals surface area contributed by atoms with E-state index in [9.17, 15) is 14.0 Å². The van der Waals surface area contributed by atoms with E-state index in [1.165, 1.54) is 24.3 Å². The van der Waals surface area contributed by atoms with E-state index in [0.717, 1.165) is 18.4 Å². The van der Waals surface area contributed by atoms with Crippen molar-refractivity contribution >= 4 is 17.6 Å². The lowest BCUT2D eigenvalue weighted by molar-refractivity contribution is 0.0921. The summed E-state index contributed by atoms with van der Waals surface area (Å²) in [5, 5.41) is 0. The van der Waals surface area contributed by atoms with Crippen LogP contribution in [-0.2, 0) is 4.74 Å². The maximum atomic E-state index is 13.3. The van der Waals surface area contributed by atoms with Gasteiger partial charge in [0.05, 0.1) is 20.8 Å². The highest BCUT2D eigenvalue weighted by atomic mass is 19.1. The van der Waals surface area contributed by atoms with Gasteiger partial charge in [-0.05, 0) is 73.5 Å². The predicted octanol–water partition coefficient (Wildman–Crippen LogP) is 6.75. The number of carbonyl (C=O) groups is 2. The number of methoxy groups -OCH3 is 2. The smallest absolute Gasteiger partial charge is 0.415 e. The number of carbonyl (C=O) groups excluding carboxylic acids is 2. The summed E-state index contributed by atoms with van der Waals surface area (Å²) in [6.07, 6.45) is 1.09. The van der Waals surface area contributed by atoms with E-state index < -0.39 is 24.1 Å². The van der Waals surface area contributed by atoms with Crippen molar-refractivity contribution in [2.24, 2.45) is 0 Å². The van der Waals surface area contributed by atoms with Crippen LogP contribution in [-0.4, -0.2) is 38.8 Å². The molecule has 8 heteroatoms. The largest absolute Gasteiger partial charge is 0.497 e. The Morgan fingerprint density at radius 1 is 0.974 bits per heavy atom. The van der Waals surface area contributed by atoms with Crippen LogP contribution in [0.25, 0.3) is 0 Å². The molecule has 0 unspecified atom stereocenters. The highest BCUT2D eigenvalue weighted by molar-refractivity contribution is 5.96. The summed E-state index contributed by atoms with van der Waals surface area (Å²) in [6.45, 7) is 2.59. The lowest BCUT2D eigenvalue weighted by atomic mass is 9.94. The first kappa shape index (κ1) is 27.0. The minimum Gasteiger partial charge on any atom is -0.497 e. The summed E-state index contributed by atoms with van der Waals surface area (Å²) in [5.41, 5.74) is 1.79. The highest BCUT2D eigenvalue weighted by Crippen LogP contribution is 2.44. The lowest BCUT2D eigenvalue weighted by Crippen LogP contribution is -2.30. The summed E-state index contributed by atoms with van der Waals surface area (Å²) in [4.78, 5) is 27.7. The monoisotopic (exact) mass is 521 g/mol. The number of unbranched alkanes of at least 4 members (excludes halogenated alkanes) is 1. The maximum absolute atomic E-state index is 13.3. The molecule has 0 saturated carbocycles. The molecule has 4 rings (SSSR count). The van der Waals surface area contributed by atoms with Gasteiger partial charge in [-0.2, -0.15) is 0 Å². The second-order valence-electron chi connectivity index (χ2n) is 9.01. The standard InChI is InChI=1S/C30H32FNO6/c1-4-5-18-37-28-19-24(36-3)14-15-25(28)29-27(17-16-26(33)20-6-8-21(31)9-7-20)38-30(34)32(29)22-10-12-23(35-2)13-11-22/h6-15,19,27,29H,4-5,16-18H2,1-3H3/t27-,29-/m1/s1. The Morgan fingerprint density at radius 2 is 1.66 bits per heavy atom. The van der Waals surface area contributed by atoms with Crippen LogP contribution in [0.15, 0.2) is 66.7 Å². The molecule has 0 aromatic heterocycles. The van der Waals surface area contributed by atoms with Gasteiger partial charge < -0.3 is 18.9 Å². The summed E-state index contributed by atoms with van der Waals surface area (Å²) in [7, 11) is 3.16. The van der Waals surface area contributed by atoms with Crippen LogP contribution >= 0.6 is 0 Å². The Balaban J connectivity index is 1.68. The number of ketones is 1. The Kier molecular flexibility index (Phi) is 8.84. The number of hydrogen-bond acceptors (Lipinski definition) is 6. The Morgan fingerprint density at radius 3 is 2.32 bits per heavy atom. The Labute approximate surface area is 222 Å². The molecule has 0 N–H and O–H groups in total. The molecule has 2 atom stereocenters. The van der Waals surface area contributed by atoms with Crippen molar-refractivity contribution in [3.63, 3.8) is 0 Å². The van der Waals surface area contributed by atoms with Gasteiger partial charge in [0, 0.05) is 29.3 Å². The molecule has 0 spiro atoms. The molecule has 3 aromatic carbocycles. The van der Waals surface area contributed by atoms with Crippen molar-refractivity contribution in [3.05, 3.63) is 83.7 Å². The van der Waals surface area contributed by atoms with Crippen LogP contribution in [0.3, 0.4) is 0 Å². The number of Topliss-reactive ketones (excluding diaryl/α,β-unsaturated/α-hetero) is 1. The van der Waals surface area contributed by atoms with Crippen LogP contribution in [0.2, 0.25) is 0 Å². The number of ether oxygens (including phenoxy) is 4. The van der Waals surface area contributed by atoms with Gasteiger partial charge in [-0.1, -0.05) is 13.3 Å². The average Bonchev–Trinajstić information content (AvgIpc) is 3.27. The van der Waals surface area contributed by atoms with Crippen molar-refractivity contribution in [1.82, 2.24) is 0 Å². The third kappa shape index (κ3) is 6.07. The third-order valence-electron chi connectivity index (χ3n) is 6.55.